The van der Waals surface area contributed by atoms with E-state index in [9.17, 15) is 27.7 Å². The summed E-state index contributed by atoms with van der Waals surface area (Å²) in [5.41, 5.74) is 6.18. The third-order valence-corrected chi connectivity index (χ3v) is 14.9. The van der Waals surface area contributed by atoms with Gasteiger partial charge in [0.15, 0.2) is 16.0 Å². The standard InChI is InChI=1S/C31H56F2N8O6S2/c1-18-15-26(39-38-18)35-29-28(47-3)30(40-13-10-20(11-14-40)9-12-34-19(2)42)37-31(36-29)48-25-8-7-22(16-23(25)32)49(45,46)17-21-5-4-6-24(27(21)33)41(43)44/h18,20-31,35-39H,4-17H2,1-3H3,(H,34,42). The van der Waals surface area contributed by atoms with Crippen molar-refractivity contribution in [2.45, 2.75) is 143 Å². The predicted molar refractivity (Wildman–Crippen MR) is 184 cm³/mol. The highest BCUT2D eigenvalue weighted by molar-refractivity contribution is 8.00. The molecule has 5 rings (SSSR count). The van der Waals surface area contributed by atoms with Crippen molar-refractivity contribution in [2.75, 3.05) is 32.5 Å². The molecule has 0 bridgehead atoms. The smallest absolute Gasteiger partial charge is 0.244 e. The molecule has 0 aromatic carbocycles. The zero-order chi connectivity index (χ0) is 35.3. The Morgan fingerprint density at radius 3 is 2.47 bits per heavy atom. The number of likely N-dealkylation sites (tertiary alicyclic amines) is 1. The van der Waals surface area contributed by atoms with E-state index in [-0.39, 0.29) is 61.7 Å². The van der Waals surface area contributed by atoms with E-state index in [0.29, 0.717) is 31.3 Å². The molecule has 3 saturated heterocycles. The lowest BCUT2D eigenvalue weighted by molar-refractivity contribution is -0.536. The van der Waals surface area contributed by atoms with Gasteiger partial charge in [-0.15, -0.1) is 11.8 Å². The van der Waals surface area contributed by atoms with Crippen molar-refractivity contribution in [2.24, 2.45) is 11.8 Å². The zero-order valence-corrected chi connectivity index (χ0v) is 30.5. The molecule has 282 valence electrons. The Hall–Kier alpha value is -1.25. The lowest BCUT2D eigenvalue weighted by Gasteiger charge is -2.50. The SMILES string of the molecule is COC1C(NC2CC(C)NN2)NC(SC2CCC(S(=O)(=O)CC3CCCC([N+](=O)[O-])C3F)CC2F)NC1N1CCC(CCNC(C)=O)CC1. The van der Waals surface area contributed by atoms with Gasteiger partial charge in [-0.2, -0.15) is 0 Å². The lowest BCUT2D eigenvalue weighted by Crippen LogP contribution is -2.75. The Kier molecular flexibility index (Phi) is 13.9. The van der Waals surface area contributed by atoms with Crippen LogP contribution in [0.15, 0.2) is 0 Å². The first-order valence-electron chi connectivity index (χ1n) is 17.9. The lowest BCUT2D eigenvalue weighted by atomic mass is 9.85. The summed E-state index contributed by atoms with van der Waals surface area (Å²) in [5.74, 6) is -0.905. The van der Waals surface area contributed by atoms with Crippen LogP contribution in [0.1, 0.15) is 78.1 Å². The Morgan fingerprint density at radius 1 is 1.08 bits per heavy atom. The maximum absolute atomic E-state index is 15.9. The Balaban J connectivity index is 1.20. The number of amides is 1. The van der Waals surface area contributed by atoms with Crippen LogP contribution in [0.4, 0.5) is 8.78 Å². The van der Waals surface area contributed by atoms with Crippen molar-refractivity contribution >= 4 is 27.5 Å². The van der Waals surface area contributed by atoms with Crippen LogP contribution in [0.2, 0.25) is 0 Å². The van der Waals surface area contributed by atoms with Crippen LogP contribution >= 0.6 is 11.8 Å². The maximum atomic E-state index is 15.9. The van der Waals surface area contributed by atoms with Crippen molar-refractivity contribution in [1.82, 2.24) is 37.0 Å². The Bertz CT molecular complexity index is 1220. The number of nitrogens with one attached hydrogen (secondary N) is 6. The number of rotatable bonds is 13. The van der Waals surface area contributed by atoms with E-state index < -0.39 is 55.3 Å². The minimum Gasteiger partial charge on any atom is -0.375 e. The van der Waals surface area contributed by atoms with Crippen LogP contribution in [0, 0.1) is 22.0 Å². The molecule has 0 aromatic rings. The molecule has 2 saturated carbocycles. The van der Waals surface area contributed by atoms with Gasteiger partial charge in [-0.05, 0) is 83.7 Å². The molecule has 3 aliphatic heterocycles. The molecule has 6 N–H and O–H groups in total. The Morgan fingerprint density at radius 2 is 1.84 bits per heavy atom. The predicted octanol–water partition coefficient (Wildman–Crippen LogP) is 1.36. The fourth-order valence-electron chi connectivity index (χ4n) is 8.31. The van der Waals surface area contributed by atoms with E-state index in [1.165, 1.54) is 18.7 Å². The molecule has 12 atom stereocenters. The first-order chi connectivity index (χ1) is 23.3. The zero-order valence-electron chi connectivity index (χ0n) is 28.8. The number of hydrazine groups is 1. The molecule has 3 heterocycles. The number of hydrogen-bond acceptors (Lipinski definition) is 13. The summed E-state index contributed by atoms with van der Waals surface area (Å²) in [6.07, 6.45) is 1.15. The van der Waals surface area contributed by atoms with Crippen LogP contribution in [0.25, 0.3) is 0 Å². The highest BCUT2D eigenvalue weighted by atomic mass is 32.2. The van der Waals surface area contributed by atoms with Gasteiger partial charge in [0.2, 0.25) is 11.9 Å². The second kappa shape index (κ2) is 17.5. The molecule has 5 aliphatic rings. The highest BCUT2D eigenvalue weighted by Crippen LogP contribution is 2.38. The van der Waals surface area contributed by atoms with Gasteiger partial charge in [0, 0.05) is 49.1 Å². The summed E-state index contributed by atoms with van der Waals surface area (Å²) in [6, 6.07) is -1.09. The summed E-state index contributed by atoms with van der Waals surface area (Å²) < 4.78 is 63.6. The summed E-state index contributed by atoms with van der Waals surface area (Å²) in [7, 11) is -2.14. The minimum absolute atomic E-state index is 0.00246. The number of ether oxygens (including phenoxy) is 1. The van der Waals surface area contributed by atoms with Crippen molar-refractivity contribution in [3.8, 4) is 0 Å². The van der Waals surface area contributed by atoms with Gasteiger partial charge in [0.1, 0.15) is 17.8 Å². The summed E-state index contributed by atoms with van der Waals surface area (Å²) in [6.45, 7) is 6.00. The van der Waals surface area contributed by atoms with Crippen LogP contribution in [-0.2, 0) is 19.4 Å². The largest absolute Gasteiger partial charge is 0.375 e. The van der Waals surface area contributed by atoms with E-state index in [1.54, 1.807) is 7.11 Å². The van der Waals surface area contributed by atoms with Gasteiger partial charge in [0.25, 0.3) is 0 Å². The molecule has 5 fully saturated rings. The summed E-state index contributed by atoms with van der Waals surface area (Å²) in [4.78, 5) is 24.3. The third kappa shape index (κ3) is 10.2. The molecule has 0 aromatic heterocycles. The monoisotopic (exact) mass is 738 g/mol. The molecular weight excluding hydrogens is 683 g/mol. The Labute approximate surface area is 293 Å². The molecule has 2 aliphatic carbocycles. The van der Waals surface area contributed by atoms with Crippen molar-refractivity contribution < 1.29 is 31.7 Å². The van der Waals surface area contributed by atoms with E-state index in [4.69, 9.17) is 4.74 Å². The molecule has 14 nitrogen and oxygen atoms in total. The molecular formula is C31H56F2N8O6S2. The number of sulfone groups is 1. The highest BCUT2D eigenvalue weighted by Gasteiger charge is 2.47. The molecule has 49 heavy (non-hydrogen) atoms. The van der Waals surface area contributed by atoms with Crippen LogP contribution in [0.5, 0.6) is 0 Å². The topological polar surface area (TPSA) is 179 Å². The summed E-state index contributed by atoms with van der Waals surface area (Å²) >= 11 is 1.43. The number of methoxy groups -OCH3 is 1. The minimum atomic E-state index is -3.84. The first-order valence-corrected chi connectivity index (χ1v) is 20.6. The van der Waals surface area contributed by atoms with Crippen molar-refractivity contribution in [3.63, 3.8) is 0 Å². The molecule has 12 unspecified atom stereocenters. The number of hydrogen-bond donors (Lipinski definition) is 6. The fraction of sp³-hybridized carbons (Fsp3) is 0.968. The molecule has 0 spiro atoms. The van der Waals surface area contributed by atoms with Crippen LogP contribution in [0.3, 0.4) is 0 Å². The van der Waals surface area contributed by atoms with Crippen molar-refractivity contribution in [1.29, 1.82) is 0 Å². The normalized spacial score (nSPS) is 39.9. The van der Waals surface area contributed by atoms with Crippen molar-refractivity contribution in [3.05, 3.63) is 10.1 Å². The van der Waals surface area contributed by atoms with E-state index >= 15 is 4.39 Å². The number of carbonyl (C=O) groups is 1. The second-order valence-corrected chi connectivity index (χ2v) is 18.3. The molecule has 18 heteroatoms. The average Bonchev–Trinajstić information content (AvgIpc) is 3.46. The molecule has 0 radical (unpaired) electrons. The maximum Gasteiger partial charge on any atom is 0.244 e. The van der Waals surface area contributed by atoms with Gasteiger partial charge in [-0.3, -0.25) is 41.2 Å². The number of carbonyl (C=O) groups excluding carboxylic acids is 1. The molecule has 1 amide bonds. The van der Waals surface area contributed by atoms with Gasteiger partial charge >= 0.3 is 0 Å². The quantitative estimate of drug-likeness (QED) is 0.118. The summed E-state index contributed by atoms with van der Waals surface area (Å²) in [5, 5.41) is 23.7. The number of nitro groups is 1. The number of alkyl halides is 2. The first kappa shape index (κ1) is 39.0. The number of piperidine rings is 1. The average molecular weight is 739 g/mol. The number of thioether (sulfide) groups is 1. The number of halogens is 2. The van der Waals surface area contributed by atoms with E-state index in [0.717, 1.165) is 38.8 Å². The van der Waals surface area contributed by atoms with Gasteiger partial charge in [-0.1, -0.05) is 0 Å². The van der Waals surface area contributed by atoms with Gasteiger partial charge < -0.3 is 10.1 Å². The third-order valence-electron chi connectivity index (χ3n) is 11.1. The van der Waals surface area contributed by atoms with Gasteiger partial charge in [-0.25, -0.2) is 22.6 Å². The van der Waals surface area contributed by atoms with E-state index in [1.807, 2.05) is 0 Å². The van der Waals surface area contributed by atoms with E-state index in [2.05, 4.69) is 43.9 Å². The van der Waals surface area contributed by atoms with Gasteiger partial charge in [0.05, 0.1) is 29.5 Å². The number of nitrogens with zero attached hydrogens (tertiary/aromatic N) is 2. The van der Waals surface area contributed by atoms with Crippen LogP contribution in [-0.4, -0.2) is 122 Å². The van der Waals surface area contributed by atoms with Crippen LogP contribution < -0.4 is 32.1 Å². The second-order valence-electron chi connectivity index (χ2n) is 14.7. The fourth-order valence-corrected chi connectivity index (χ4v) is 11.8.